The Morgan fingerprint density at radius 1 is 0.633 bits per heavy atom. The van der Waals surface area contributed by atoms with E-state index in [1.54, 1.807) is 35.5 Å². The van der Waals surface area contributed by atoms with E-state index in [-0.39, 0.29) is 12.4 Å². The third kappa shape index (κ3) is 3.42. The normalized spacial score (nSPS) is 10.8. The maximum absolute atomic E-state index is 5.55. The second kappa shape index (κ2) is 8.81. The predicted octanol–water partition coefficient (Wildman–Crippen LogP) is 4.49. The summed E-state index contributed by atoms with van der Waals surface area (Å²) in [6, 6.07) is 12.2. The van der Waals surface area contributed by atoms with Gasteiger partial charge in [-0.1, -0.05) is 6.07 Å². The Bertz CT molecular complexity index is 1230. The zero-order valence-corrected chi connectivity index (χ0v) is 18.5. The zero-order valence-electron chi connectivity index (χ0n) is 17.6. The molecule has 6 nitrogen and oxygen atoms in total. The maximum atomic E-state index is 5.55. The minimum absolute atomic E-state index is 0. The van der Waals surface area contributed by atoms with Gasteiger partial charge in [-0.05, 0) is 35.7 Å². The summed E-state index contributed by atoms with van der Waals surface area (Å²) < 4.78 is 29.6. The lowest BCUT2D eigenvalue weighted by molar-refractivity contribution is -0.705. The van der Waals surface area contributed by atoms with E-state index in [4.69, 9.17) is 23.7 Å². The molecule has 4 rings (SSSR count). The molecular weight excluding hydrogens is 406 g/mol. The largest absolute Gasteiger partial charge is 0.493 e. The van der Waals surface area contributed by atoms with E-state index in [1.807, 2.05) is 24.3 Å². The summed E-state index contributed by atoms with van der Waals surface area (Å²) in [5.41, 5.74) is 1.05. The van der Waals surface area contributed by atoms with Crippen LogP contribution in [0, 0.1) is 0 Å². The van der Waals surface area contributed by atoms with Gasteiger partial charge in [0.25, 0.3) is 6.73 Å². The third-order valence-electron chi connectivity index (χ3n) is 5.19. The lowest BCUT2D eigenvalue weighted by Gasteiger charge is -2.13. The molecule has 0 aliphatic rings. The molecule has 0 saturated carbocycles. The van der Waals surface area contributed by atoms with Crippen molar-refractivity contribution in [3.63, 3.8) is 0 Å². The van der Waals surface area contributed by atoms with Crippen molar-refractivity contribution in [1.29, 1.82) is 0 Å². The smallest absolute Gasteiger partial charge is 0.252 e. The molecule has 0 bridgehead atoms. The monoisotopic (exact) mass is 430 g/mol. The number of ether oxygens (including phenoxy) is 5. The Balaban J connectivity index is 0.00000256. The van der Waals surface area contributed by atoms with E-state index < -0.39 is 0 Å². The van der Waals surface area contributed by atoms with Crippen LogP contribution in [0.3, 0.4) is 0 Å². The fourth-order valence-corrected chi connectivity index (χ4v) is 3.87. The molecular formula is C23H25ClNO5+. The first-order chi connectivity index (χ1) is 14.1. The number of halogens is 1. The number of pyridine rings is 1. The fourth-order valence-electron chi connectivity index (χ4n) is 3.87. The van der Waals surface area contributed by atoms with Crippen LogP contribution in [0.1, 0.15) is 0 Å². The number of hydrogen-bond acceptors (Lipinski definition) is 5. The molecule has 0 aliphatic carbocycles. The molecule has 0 fully saturated rings. The van der Waals surface area contributed by atoms with Gasteiger partial charge in [0.05, 0.1) is 44.6 Å². The van der Waals surface area contributed by atoms with Gasteiger partial charge in [-0.25, -0.2) is 0 Å². The molecule has 1 aromatic heterocycles. The standard InChI is InChI=1S/C23H24NO5.ClH/c1-25-13-24-12-15-9-20(27-3)21(28-4)10-17(15)16-7-6-14-8-19(26-2)22(29-5)11-18(14)23(16)24;/h6-12H,13H2,1-5H3;1H/q+1;. The van der Waals surface area contributed by atoms with Crippen LogP contribution in [0.15, 0.2) is 42.6 Å². The Kier molecular flexibility index (Phi) is 6.39. The van der Waals surface area contributed by atoms with Gasteiger partial charge in [-0.3, -0.25) is 0 Å². The molecule has 3 aromatic carbocycles. The van der Waals surface area contributed by atoms with Crippen LogP contribution in [0.5, 0.6) is 23.0 Å². The van der Waals surface area contributed by atoms with Crippen LogP contribution in [-0.2, 0) is 11.5 Å². The van der Waals surface area contributed by atoms with E-state index in [0.717, 1.165) is 32.4 Å². The van der Waals surface area contributed by atoms with Crippen molar-refractivity contribution in [3.05, 3.63) is 42.6 Å². The molecule has 158 valence electrons. The maximum Gasteiger partial charge on any atom is 0.252 e. The summed E-state index contributed by atoms with van der Waals surface area (Å²) >= 11 is 0. The van der Waals surface area contributed by atoms with Crippen molar-refractivity contribution >= 4 is 44.9 Å². The van der Waals surface area contributed by atoms with Crippen molar-refractivity contribution in [2.75, 3.05) is 35.5 Å². The van der Waals surface area contributed by atoms with Gasteiger partial charge >= 0.3 is 0 Å². The number of fused-ring (bicyclic) bond motifs is 5. The number of methoxy groups -OCH3 is 5. The zero-order chi connectivity index (χ0) is 20.5. The van der Waals surface area contributed by atoms with E-state index in [2.05, 4.69) is 22.9 Å². The number of nitrogens with zero attached hydrogens (tertiary/aromatic N) is 1. The predicted molar refractivity (Wildman–Crippen MR) is 120 cm³/mol. The molecule has 0 radical (unpaired) electrons. The lowest BCUT2D eigenvalue weighted by atomic mass is 10.00. The summed E-state index contributed by atoms with van der Waals surface area (Å²) in [6.45, 7) is 0.411. The molecule has 7 heteroatoms. The van der Waals surface area contributed by atoms with Gasteiger partial charge in [0.15, 0.2) is 29.2 Å². The van der Waals surface area contributed by atoms with Gasteiger partial charge in [-0.15, -0.1) is 12.4 Å². The molecule has 0 atom stereocenters. The summed E-state index contributed by atoms with van der Waals surface area (Å²) in [5.74, 6) is 2.77. The quantitative estimate of drug-likeness (QED) is 0.333. The molecule has 0 saturated heterocycles. The van der Waals surface area contributed by atoms with Crippen LogP contribution < -0.4 is 23.5 Å². The first-order valence-electron chi connectivity index (χ1n) is 9.20. The third-order valence-corrected chi connectivity index (χ3v) is 5.19. The van der Waals surface area contributed by atoms with Gasteiger partial charge in [0.2, 0.25) is 5.52 Å². The van der Waals surface area contributed by atoms with Crippen LogP contribution >= 0.6 is 12.4 Å². The Labute approximate surface area is 181 Å². The van der Waals surface area contributed by atoms with Crippen molar-refractivity contribution < 1.29 is 28.3 Å². The molecule has 4 aromatic rings. The lowest BCUT2D eigenvalue weighted by Crippen LogP contribution is -2.35. The average molecular weight is 431 g/mol. The summed E-state index contributed by atoms with van der Waals surface area (Å²) in [4.78, 5) is 0. The second-order valence-electron chi connectivity index (χ2n) is 6.70. The van der Waals surface area contributed by atoms with Crippen LogP contribution in [0.25, 0.3) is 32.4 Å². The number of hydrogen-bond donors (Lipinski definition) is 0. The summed E-state index contributed by atoms with van der Waals surface area (Å²) in [7, 11) is 8.26. The van der Waals surface area contributed by atoms with Crippen molar-refractivity contribution in [1.82, 2.24) is 0 Å². The molecule has 1 heterocycles. The summed E-state index contributed by atoms with van der Waals surface area (Å²) in [6.07, 6.45) is 2.07. The minimum atomic E-state index is 0. The van der Waals surface area contributed by atoms with Crippen LogP contribution in [0.2, 0.25) is 0 Å². The highest BCUT2D eigenvalue weighted by atomic mass is 35.5. The molecule has 0 aliphatic heterocycles. The van der Waals surface area contributed by atoms with E-state index in [1.165, 1.54) is 0 Å². The second-order valence-corrected chi connectivity index (χ2v) is 6.70. The highest BCUT2D eigenvalue weighted by Gasteiger charge is 2.20. The van der Waals surface area contributed by atoms with Crippen LogP contribution in [0.4, 0.5) is 0 Å². The fraction of sp³-hybridized carbons (Fsp3) is 0.261. The van der Waals surface area contributed by atoms with E-state index in [9.17, 15) is 0 Å². The molecule has 0 spiro atoms. The van der Waals surface area contributed by atoms with E-state index in [0.29, 0.717) is 29.7 Å². The highest BCUT2D eigenvalue weighted by molar-refractivity contribution is 6.14. The average Bonchev–Trinajstić information content (AvgIpc) is 2.76. The molecule has 0 amide bonds. The van der Waals surface area contributed by atoms with Crippen molar-refractivity contribution in [3.8, 4) is 23.0 Å². The van der Waals surface area contributed by atoms with Crippen molar-refractivity contribution in [2.45, 2.75) is 6.73 Å². The van der Waals surface area contributed by atoms with Crippen LogP contribution in [-0.4, -0.2) is 35.5 Å². The summed E-state index contributed by atoms with van der Waals surface area (Å²) in [5, 5.41) is 5.29. The molecule has 30 heavy (non-hydrogen) atoms. The highest BCUT2D eigenvalue weighted by Crippen LogP contribution is 2.39. The minimum Gasteiger partial charge on any atom is -0.493 e. The first kappa shape index (κ1) is 21.7. The number of aromatic nitrogens is 1. The number of benzene rings is 3. The Morgan fingerprint density at radius 2 is 1.17 bits per heavy atom. The first-order valence-corrected chi connectivity index (χ1v) is 9.20. The number of rotatable bonds is 6. The van der Waals surface area contributed by atoms with E-state index >= 15 is 0 Å². The van der Waals surface area contributed by atoms with Crippen molar-refractivity contribution in [2.24, 2.45) is 0 Å². The SMILES string of the molecule is COC[n+]1cc2cc(OC)c(OC)cc2c2ccc3cc(OC)c(OC)cc3c21.Cl. The van der Waals surface area contributed by atoms with Gasteiger partial charge in [0, 0.05) is 12.5 Å². The van der Waals surface area contributed by atoms with Gasteiger partial charge < -0.3 is 23.7 Å². The Hall–Kier alpha value is -2.96. The van der Waals surface area contributed by atoms with Gasteiger partial charge in [0.1, 0.15) is 0 Å². The topological polar surface area (TPSA) is 50.0 Å². The Morgan fingerprint density at radius 3 is 1.73 bits per heavy atom. The molecule has 0 N–H and O–H groups in total. The molecule has 0 unspecified atom stereocenters. The van der Waals surface area contributed by atoms with Gasteiger partial charge in [-0.2, -0.15) is 4.57 Å².